The van der Waals surface area contributed by atoms with Gasteiger partial charge in [-0.15, -0.1) is 0 Å². The molecule has 0 amide bonds. The molecule has 4 heteroatoms. The van der Waals surface area contributed by atoms with Crippen LogP contribution in [0.4, 0.5) is 8.78 Å². The van der Waals surface area contributed by atoms with Crippen molar-refractivity contribution in [2.24, 2.45) is 0 Å². The fourth-order valence-corrected chi connectivity index (χ4v) is 2.40. The summed E-state index contributed by atoms with van der Waals surface area (Å²) in [5, 5.41) is 0. The van der Waals surface area contributed by atoms with Gasteiger partial charge >= 0.3 is 0 Å². The van der Waals surface area contributed by atoms with E-state index in [4.69, 9.17) is 12.2 Å². The van der Waals surface area contributed by atoms with E-state index in [1.165, 1.54) is 12.1 Å². The van der Waals surface area contributed by atoms with Crippen molar-refractivity contribution in [3.63, 3.8) is 0 Å². The highest BCUT2D eigenvalue weighted by Crippen LogP contribution is 2.29. The first-order valence-corrected chi connectivity index (χ1v) is 6.16. The Balaban J connectivity index is 2.52. The third-order valence-electron chi connectivity index (χ3n) is 2.92. The average Bonchev–Trinajstić information content (AvgIpc) is 2.31. The summed E-state index contributed by atoms with van der Waals surface area (Å²) in [5.74, 6) is -1.22. The Hall–Kier alpha value is -1.55. The zero-order valence-corrected chi connectivity index (χ0v) is 10.7. The van der Waals surface area contributed by atoms with Gasteiger partial charge in [-0.2, -0.15) is 0 Å². The van der Waals surface area contributed by atoms with E-state index in [9.17, 15) is 8.78 Å². The maximum Gasteiger partial charge on any atom is 0.126 e. The van der Waals surface area contributed by atoms with Crippen molar-refractivity contribution in [3.05, 3.63) is 63.9 Å². The van der Waals surface area contributed by atoms with Crippen molar-refractivity contribution in [1.29, 1.82) is 0 Å². The van der Waals surface area contributed by atoms with Gasteiger partial charge in [0.1, 0.15) is 16.3 Å². The number of pyridine rings is 1. The third kappa shape index (κ3) is 2.64. The Kier molecular flexibility index (Phi) is 3.87. The van der Waals surface area contributed by atoms with Crippen molar-refractivity contribution in [2.45, 2.75) is 19.3 Å². The zero-order chi connectivity index (χ0) is 13.1. The second-order valence-electron chi connectivity index (χ2n) is 4.12. The molecule has 0 fully saturated rings. The molecule has 0 aliphatic carbocycles. The molecule has 1 unspecified atom stereocenters. The minimum atomic E-state index is -0.561. The fourth-order valence-electron chi connectivity index (χ4n) is 2.12. The number of nitrogens with one attached hydrogen (secondary N) is 1. The molecular formula is C14H13F2NS. The SMILES string of the molecule is CCC(c1cc(F)cc(F)c1)c1ccc[nH]c1=S. The molecule has 0 aliphatic rings. The first-order valence-electron chi connectivity index (χ1n) is 5.75. The lowest BCUT2D eigenvalue weighted by Crippen LogP contribution is -2.02. The molecule has 18 heavy (non-hydrogen) atoms. The quantitative estimate of drug-likeness (QED) is 0.804. The lowest BCUT2D eigenvalue weighted by molar-refractivity contribution is 0.575. The van der Waals surface area contributed by atoms with Crippen molar-refractivity contribution in [3.8, 4) is 0 Å². The highest BCUT2D eigenvalue weighted by Gasteiger charge is 2.15. The highest BCUT2D eigenvalue weighted by atomic mass is 32.1. The molecule has 1 atom stereocenters. The third-order valence-corrected chi connectivity index (χ3v) is 3.27. The molecule has 0 bridgehead atoms. The minimum Gasteiger partial charge on any atom is -0.353 e. The summed E-state index contributed by atoms with van der Waals surface area (Å²) in [6.07, 6.45) is 2.47. The number of aromatic nitrogens is 1. The maximum absolute atomic E-state index is 13.3. The summed E-state index contributed by atoms with van der Waals surface area (Å²) in [5.41, 5.74) is 1.50. The van der Waals surface area contributed by atoms with Gasteiger partial charge in [0, 0.05) is 18.2 Å². The molecule has 0 spiro atoms. The van der Waals surface area contributed by atoms with Crippen LogP contribution in [0.5, 0.6) is 0 Å². The monoisotopic (exact) mass is 265 g/mol. The van der Waals surface area contributed by atoms with E-state index in [-0.39, 0.29) is 5.92 Å². The molecule has 1 aromatic carbocycles. The smallest absolute Gasteiger partial charge is 0.126 e. The van der Waals surface area contributed by atoms with Crippen LogP contribution in [0.1, 0.15) is 30.4 Å². The van der Waals surface area contributed by atoms with Crippen LogP contribution in [0.2, 0.25) is 0 Å². The molecule has 1 N–H and O–H groups in total. The predicted octanol–water partition coefficient (Wildman–Crippen LogP) is 4.56. The summed E-state index contributed by atoms with van der Waals surface area (Å²) < 4.78 is 27.1. The Morgan fingerprint density at radius 2 is 1.89 bits per heavy atom. The van der Waals surface area contributed by atoms with E-state index < -0.39 is 11.6 Å². The molecule has 0 radical (unpaired) electrons. The number of rotatable bonds is 3. The average molecular weight is 265 g/mol. The molecule has 0 saturated carbocycles. The van der Waals surface area contributed by atoms with Crippen LogP contribution < -0.4 is 0 Å². The second kappa shape index (κ2) is 5.40. The van der Waals surface area contributed by atoms with Gasteiger partial charge in [0.05, 0.1) is 0 Å². The molecule has 0 saturated heterocycles. The van der Waals surface area contributed by atoms with Gasteiger partial charge in [-0.1, -0.05) is 25.2 Å². The van der Waals surface area contributed by atoms with Crippen LogP contribution in [0.25, 0.3) is 0 Å². The maximum atomic E-state index is 13.3. The number of hydrogen-bond donors (Lipinski definition) is 1. The minimum absolute atomic E-state index is 0.0971. The predicted molar refractivity (Wildman–Crippen MR) is 70.1 cm³/mol. The zero-order valence-electron chi connectivity index (χ0n) is 9.91. The van der Waals surface area contributed by atoms with Gasteiger partial charge in [-0.25, -0.2) is 8.78 Å². The normalized spacial score (nSPS) is 12.4. The van der Waals surface area contributed by atoms with E-state index in [1.54, 1.807) is 6.20 Å². The van der Waals surface area contributed by atoms with Gasteiger partial charge in [-0.3, -0.25) is 0 Å². The van der Waals surface area contributed by atoms with Crippen molar-refractivity contribution in [2.75, 3.05) is 0 Å². The molecule has 1 heterocycles. The second-order valence-corrected chi connectivity index (χ2v) is 4.53. The van der Waals surface area contributed by atoms with Gasteiger partial charge in [-0.05, 0) is 35.7 Å². The lowest BCUT2D eigenvalue weighted by atomic mass is 9.90. The Labute approximate surface area is 109 Å². The molecule has 1 aromatic heterocycles. The molecule has 2 aromatic rings. The van der Waals surface area contributed by atoms with Crippen molar-refractivity contribution in [1.82, 2.24) is 4.98 Å². The summed E-state index contributed by atoms with van der Waals surface area (Å²) in [6, 6.07) is 7.32. The van der Waals surface area contributed by atoms with Crippen LogP contribution in [-0.2, 0) is 0 Å². The standard InChI is InChI=1S/C14H13F2NS/c1-2-12(13-4-3-5-17-14(13)18)9-6-10(15)8-11(16)7-9/h3-8,12H,2H2,1H3,(H,17,18). The lowest BCUT2D eigenvalue weighted by Gasteiger charge is -2.16. The molecule has 1 nitrogen and oxygen atoms in total. The number of benzene rings is 1. The van der Waals surface area contributed by atoms with E-state index in [0.29, 0.717) is 10.2 Å². The molecule has 94 valence electrons. The topological polar surface area (TPSA) is 15.8 Å². The van der Waals surface area contributed by atoms with Gasteiger partial charge in [0.15, 0.2) is 0 Å². The number of hydrogen-bond acceptors (Lipinski definition) is 1. The first kappa shape index (κ1) is 12.9. The summed E-state index contributed by atoms with van der Waals surface area (Å²) in [7, 11) is 0. The largest absolute Gasteiger partial charge is 0.353 e. The van der Waals surface area contributed by atoms with Crippen LogP contribution >= 0.6 is 12.2 Å². The highest BCUT2D eigenvalue weighted by molar-refractivity contribution is 7.71. The summed E-state index contributed by atoms with van der Waals surface area (Å²) >= 11 is 5.22. The fraction of sp³-hybridized carbons (Fsp3) is 0.214. The first-order chi connectivity index (χ1) is 8.61. The Morgan fingerprint density at radius 1 is 1.22 bits per heavy atom. The van der Waals surface area contributed by atoms with Crippen LogP contribution in [0, 0.1) is 16.3 Å². The number of aromatic amines is 1. The van der Waals surface area contributed by atoms with Gasteiger partial charge in [0.2, 0.25) is 0 Å². The van der Waals surface area contributed by atoms with Crippen LogP contribution in [-0.4, -0.2) is 4.98 Å². The Morgan fingerprint density at radius 3 is 2.44 bits per heavy atom. The molecule has 0 aliphatic heterocycles. The number of H-pyrrole nitrogens is 1. The summed E-state index contributed by atoms with van der Waals surface area (Å²) in [4.78, 5) is 2.94. The van der Waals surface area contributed by atoms with Gasteiger partial charge in [0.25, 0.3) is 0 Å². The van der Waals surface area contributed by atoms with Crippen molar-refractivity contribution >= 4 is 12.2 Å². The van der Waals surface area contributed by atoms with Crippen molar-refractivity contribution < 1.29 is 8.78 Å². The summed E-state index contributed by atoms with van der Waals surface area (Å²) in [6.45, 7) is 1.97. The number of halogens is 2. The van der Waals surface area contributed by atoms with E-state index >= 15 is 0 Å². The molecular weight excluding hydrogens is 252 g/mol. The van der Waals surface area contributed by atoms with E-state index in [2.05, 4.69) is 4.98 Å². The van der Waals surface area contributed by atoms with Crippen LogP contribution in [0.3, 0.4) is 0 Å². The van der Waals surface area contributed by atoms with E-state index in [0.717, 1.165) is 18.1 Å². The van der Waals surface area contributed by atoms with Gasteiger partial charge < -0.3 is 4.98 Å². The van der Waals surface area contributed by atoms with E-state index in [1.807, 2.05) is 19.1 Å². The Bertz CT molecular complexity index is 586. The molecule has 2 rings (SSSR count). The van der Waals surface area contributed by atoms with Crippen LogP contribution in [0.15, 0.2) is 36.5 Å².